The predicted octanol–water partition coefficient (Wildman–Crippen LogP) is 2.27. The molecule has 2 aromatic heterocycles. The Morgan fingerprint density at radius 1 is 1.10 bits per heavy atom. The summed E-state index contributed by atoms with van der Waals surface area (Å²) in [5.74, 6) is 0.772. The first-order valence-electron chi connectivity index (χ1n) is 11.1. The first-order valence-corrected chi connectivity index (χ1v) is 11.1. The van der Waals surface area contributed by atoms with Crippen LogP contribution in [0.25, 0.3) is 11.2 Å². The first kappa shape index (κ1) is 20.2. The smallest absolute Gasteiger partial charge is 0.328 e. The quantitative estimate of drug-likeness (QED) is 0.540. The third-order valence-corrected chi connectivity index (χ3v) is 6.47. The first-order chi connectivity index (χ1) is 15.2. The van der Waals surface area contributed by atoms with Crippen molar-refractivity contribution < 1.29 is 9.47 Å². The molecule has 2 bridgehead atoms. The van der Waals surface area contributed by atoms with Gasteiger partial charge in [-0.15, -0.1) is 0 Å². The van der Waals surface area contributed by atoms with Crippen molar-refractivity contribution in [1.29, 1.82) is 0 Å². The standard InChI is InChI=1S/C23H29N5O3/c1-30-8-9-31-22-24-13-20-21(27-22)28(23(29)26-20)14-16-4-2-15(3-5-16)10-17-11-18-6-7-19(12-17)25-18/h2-5,13,17-19,25H,6-12,14H2,1H3,(H,26,29). The number of benzene rings is 1. The number of rotatable bonds is 8. The highest BCUT2D eigenvalue weighted by Crippen LogP contribution is 2.32. The zero-order valence-electron chi connectivity index (χ0n) is 17.8. The van der Waals surface area contributed by atoms with Crippen LogP contribution in [0.5, 0.6) is 6.01 Å². The summed E-state index contributed by atoms with van der Waals surface area (Å²) in [4.78, 5) is 23.9. The van der Waals surface area contributed by atoms with Crippen LogP contribution < -0.4 is 15.7 Å². The van der Waals surface area contributed by atoms with Crippen LogP contribution in [0.3, 0.4) is 0 Å². The molecule has 8 heteroatoms. The van der Waals surface area contributed by atoms with E-state index in [1.807, 2.05) is 0 Å². The fourth-order valence-corrected chi connectivity index (χ4v) is 5.00. The van der Waals surface area contributed by atoms with Gasteiger partial charge in [-0.1, -0.05) is 24.3 Å². The van der Waals surface area contributed by atoms with Gasteiger partial charge in [-0.25, -0.2) is 9.78 Å². The molecule has 31 heavy (non-hydrogen) atoms. The molecule has 2 atom stereocenters. The van der Waals surface area contributed by atoms with Gasteiger partial charge in [-0.2, -0.15) is 4.98 Å². The molecule has 2 aliphatic heterocycles. The van der Waals surface area contributed by atoms with Crippen LogP contribution in [-0.2, 0) is 17.7 Å². The molecule has 0 saturated carbocycles. The van der Waals surface area contributed by atoms with Crippen molar-refractivity contribution in [3.05, 3.63) is 52.1 Å². The summed E-state index contributed by atoms with van der Waals surface area (Å²) in [6.45, 7) is 1.26. The van der Waals surface area contributed by atoms with Crippen molar-refractivity contribution >= 4 is 11.2 Å². The molecule has 2 unspecified atom stereocenters. The maximum absolute atomic E-state index is 12.5. The Morgan fingerprint density at radius 2 is 1.84 bits per heavy atom. The van der Waals surface area contributed by atoms with Gasteiger partial charge < -0.3 is 19.8 Å². The molecule has 2 saturated heterocycles. The molecule has 5 rings (SSSR count). The molecular weight excluding hydrogens is 394 g/mol. The fourth-order valence-electron chi connectivity index (χ4n) is 5.00. The van der Waals surface area contributed by atoms with Crippen LogP contribution >= 0.6 is 0 Å². The summed E-state index contributed by atoms with van der Waals surface area (Å²) < 4.78 is 12.1. The Labute approximate surface area is 181 Å². The second-order valence-electron chi connectivity index (χ2n) is 8.74. The number of fused-ring (bicyclic) bond motifs is 3. The number of aromatic amines is 1. The molecule has 2 fully saturated rings. The maximum Gasteiger partial charge on any atom is 0.328 e. The lowest BCUT2D eigenvalue weighted by Gasteiger charge is -2.29. The van der Waals surface area contributed by atoms with E-state index in [9.17, 15) is 4.79 Å². The number of aromatic nitrogens is 4. The van der Waals surface area contributed by atoms with Gasteiger partial charge in [0.25, 0.3) is 0 Å². The molecule has 0 spiro atoms. The zero-order valence-corrected chi connectivity index (χ0v) is 17.8. The Kier molecular flexibility index (Phi) is 5.74. The molecule has 2 aliphatic rings. The number of nitrogens with zero attached hydrogens (tertiary/aromatic N) is 3. The van der Waals surface area contributed by atoms with Gasteiger partial charge in [0.15, 0.2) is 5.65 Å². The summed E-state index contributed by atoms with van der Waals surface area (Å²) >= 11 is 0. The Hall–Kier alpha value is -2.71. The number of ether oxygens (including phenoxy) is 2. The van der Waals surface area contributed by atoms with Gasteiger partial charge in [0.1, 0.15) is 12.1 Å². The normalized spacial score (nSPS) is 22.8. The van der Waals surface area contributed by atoms with Crippen molar-refractivity contribution in [2.45, 2.75) is 50.7 Å². The highest BCUT2D eigenvalue weighted by Gasteiger charge is 2.33. The Morgan fingerprint density at radius 3 is 2.58 bits per heavy atom. The summed E-state index contributed by atoms with van der Waals surface area (Å²) in [7, 11) is 1.61. The second-order valence-corrected chi connectivity index (χ2v) is 8.74. The average Bonchev–Trinajstić information content (AvgIpc) is 3.27. The van der Waals surface area contributed by atoms with Crippen molar-refractivity contribution in [3.8, 4) is 6.01 Å². The molecule has 0 aliphatic carbocycles. The average molecular weight is 424 g/mol. The number of hydrogen-bond acceptors (Lipinski definition) is 6. The number of nitrogens with one attached hydrogen (secondary N) is 2. The third-order valence-electron chi connectivity index (χ3n) is 6.47. The summed E-state index contributed by atoms with van der Waals surface area (Å²) in [6, 6.07) is 10.3. The maximum atomic E-state index is 12.5. The number of H-pyrrole nitrogens is 1. The van der Waals surface area contributed by atoms with Gasteiger partial charge in [0.2, 0.25) is 0 Å². The molecule has 3 aromatic rings. The highest BCUT2D eigenvalue weighted by atomic mass is 16.5. The summed E-state index contributed by atoms with van der Waals surface area (Å²) in [6.07, 6.45) is 7.97. The molecule has 8 nitrogen and oxygen atoms in total. The minimum absolute atomic E-state index is 0.201. The molecule has 4 heterocycles. The Bertz CT molecular complexity index is 1080. The minimum Gasteiger partial charge on any atom is -0.461 e. The van der Waals surface area contributed by atoms with E-state index in [-0.39, 0.29) is 11.7 Å². The summed E-state index contributed by atoms with van der Waals surface area (Å²) in [5.41, 5.74) is 3.38. The van der Waals surface area contributed by atoms with Crippen LogP contribution in [0.1, 0.15) is 36.8 Å². The van der Waals surface area contributed by atoms with Crippen molar-refractivity contribution in [3.63, 3.8) is 0 Å². The molecular formula is C23H29N5O3. The van der Waals surface area contributed by atoms with E-state index in [2.05, 4.69) is 44.5 Å². The van der Waals surface area contributed by atoms with E-state index in [4.69, 9.17) is 9.47 Å². The number of piperidine rings is 1. The SMILES string of the molecule is COCCOc1ncc2[nH]c(=O)n(Cc3ccc(CC4CC5CCC(C4)N5)cc3)c2n1. The van der Waals surface area contributed by atoms with Gasteiger partial charge >= 0.3 is 11.7 Å². The number of hydrogen-bond donors (Lipinski definition) is 2. The van der Waals surface area contributed by atoms with Gasteiger partial charge in [-0.05, 0) is 49.1 Å². The summed E-state index contributed by atoms with van der Waals surface area (Å²) in [5, 5.41) is 3.72. The van der Waals surface area contributed by atoms with Crippen LogP contribution in [-0.4, -0.2) is 51.9 Å². The van der Waals surface area contributed by atoms with Crippen molar-refractivity contribution in [2.24, 2.45) is 5.92 Å². The van der Waals surface area contributed by atoms with Crippen molar-refractivity contribution in [1.82, 2.24) is 24.8 Å². The van der Waals surface area contributed by atoms with E-state index in [1.54, 1.807) is 17.9 Å². The number of methoxy groups -OCH3 is 1. The van der Waals surface area contributed by atoms with E-state index < -0.39 is 0 Å². The van der Waals surface area contributed by atoms with Crippen LogP contribution in [0.2, 0.25) is 0 Å². The molecule has 2 N–H and O–H groups in total. The lowest BCUT2D eigenvalue weighted by Crippen LogP contribution is -2.38. The third kappa shape index (κ3) is 4.50. The largest absolute Gasteiger partial charge is 0.461 e. The van der Waals surface area contributed by atoms with Crippen LogP contribution in [0.4, 0.5) is 0 Å². The van der Waals surface area contributed by atoms with Crippen LogP contribution in [0.15, 0.2) is 35.3 Å². The van der Waals surface area contributed by atoms with E-state index in [1.165, 1.54) is 31.2 Å². The van der Waals surface area contributed by atoms with Gasteiger partial charge in [0, 0.05) is 19.2 Å². The molecule has 1 aromatic carbocycles. The highest BCUT2D eigenvalue weighted by molar-refractivity contribution is 5.69. The van der Waals surface area contributed by atoms with Crippen molar-refractivity contribution in [2.75, 3.05) is 20.3 Å². The fraction of sp³-hybridized carbons (Fsp3) is 0.522. The lowest BCUT2D eigenvalue weighted by atomic mass is 9.87. The van der Waals surface area contributed by atoms with E-state index in [0.717, 1.165) is 30.0 Å². The monoisotopic (exact) mass is 423 g/mol. The van der Waals surface area contributed by atoms with Gasteiger partial charge in [-0.3, -0.25) is 4.57 Å². The predicted molar refractivity (Wildman–Crippen MR) is 117 cm³/mol. The second kappa shape index (κ2) is 8.80. The molecule has 0 amide bonds. The minimum atomic E-state index is -0.201. The Balaban J connectivity index is 1.28. The zero-order chi connectivity index (χ0) is 21.2. The molecule has 164 valence electrons. The number of imidazole rings is 1. The van der Waals surface area contributed by atoms with Crippen LogP contribution in [0, 0.1) is 5.92 Å². The lowest BCUT2D eigenvalue weighted by molar-refractivity contribution is 0.141. The van der Waals surface area contributed by atoms with Gasteiger partial charge in [0.05, 0.1) is 19.3 Å². The van der Waals surface area contributed by atoms with E-state index in [0.29, 0.717) is 30.9 Å². The van der Waals surface area contributed by atoms with E-state index >= 15 is 0 Å². The molecule has 0 radical (unpaired) electrons. The topological polar surface area (TPSA) is 94.1 Å².